The minimum absolute atomic E-state index is 0.0272. The summed E-state index contributed by atoms with van der Waals surface area (Å²) in [5, 5.41) is 6.73. The second-order valence-corrected chi connectivity index (χ2v) is 5.45. The first-order valence-electron chi connectivity index (χ1n) is 5.59. The highest BCUT2D eigenvalue weighted by Crippen LogP contribution is 2.30. The Labute approximate surface area is 114 Å². The third-order valence-corrected chi connectivity index (χ3v) is 4.04. The third-order valence-electron chi connectivity index (χ3n) is 2.64. The molecule has 1 aromatic rings. The molecule has 3 nitrogen and oxygen atoms in total. The van der Waals surface area contributed by atoms with E-state index >= 15 is 0 Å². The molecule has 0 radical (unpaired) electrons. The Hall–Kier alpha value is -0.740. The standard InChI is InChI=1S/C12H14BrClN2O/c1-7(12(17)16-8-5-6-8)15-10-4-2-3-9(14)11(10)13/h2-4,7-8,15H,5-6H2,1H3,(H,16,17). The summed E-state index contributed by atoms with van der Waals surface area (Å²) in [7, 11) is 0. The number of carbonyl (C=O) groups excluding carboxylic acids is 1. The van der Waals surface area contributed by atoms with Gasteiger partial charge in [0.2, 0.25) is 5.91 Å². The van der Waals surface area contributed by atoms with Crippen molar-refractivity contribution in [2.24, 2.45) is 0 Å². The molecule has 0 aliphatic heterocycles. The van der Waals surface area contributed by atoms with Gasteiger partial charge in [-0.05, 0) is 47.8 Å². The lowest BCUT2D eigenvalue weighted by atomic mass is 10.2. The zero-order valence-corrected chi connectivity index (χ0v) is 11.8. The molecule has 5 heteroatoms. The highest BCUT2D eigenvalue weighted by molar-refractivity contribution is 9.10. The van der Waals surface area contributed by atoms with Gasteiger partial charge in [0, 0.05) is 6.04 Å². The lowest BCUT2D eigenvalue weighted by Gasteiger charge is -2.16. The number of anilines is 1. The van der Waals surface area contributed by atoms with Crippen LogP contribution in [-0.4, -0.2) is 18.0 Å². The van der Waals surface area contributed by atoms with Crippen LogP contribution in [0.5, 0.6) is 0 Å². The molecule has 17 heavy (non-hydrogen) atoms. The number of amides is 1. The summed E-state index contributed by atoms with van der Waals surface area (Å²) in [4.78, 5) is 11.8. The van der Waals surface area contributed by atoms with E-state index in [0.717, 1.165) is 23.0 Å². The van der Waals surface area contributed by atoms with Crippen molar-refractivity contribution in [3.05, 3.63) is 27.7 Å². The van der Waals surface area contributed by atoms with Gasteiger partial charge in [-0.2, -0.15) is 0 Å². The van der Waals surface area contributed by atoms with Gasteiger partial charge in [-0.25, -0.2) is 0 Å². The molecule has 1 fully saturated rings. The molecule has 1 aromatic carbocycles. The molecule has 1 atom stereocenters. The Morgan fingerprint density at radius 1 is 1.53 bits per heavy atom. The van der Waals surface area contributed by atoms with Gasteiger partial charge in [-0.1, -0.05) is 17.7 Å². The van der Waals surface area contributed by atoms with E-state index in [2.05, 4.69) is 26.6 Å². The van der Waals surface area contributed by atoms with E-state index in [1.807, 2.05) is 19.1 Å². The van der Waals surface area contributed by atoms with Gasteiger partial charge in [0.15, 0.2) is 0 Å². The number of halogens is 2. The van der Waals surface area contributed by atoms with E-state index in [1.165, 1.54) is 0 Å². The van der Waals surface area contributed by atoms with Gasteiger partial charge in [-0.15, -0.1) is 0 Å². The van der Waals surface area contributed by atoms with E-state index in [0.29, 0.717) is 11.1 Å². The lowest BCUT2D eigenvalue weighted by molar-refractivity contribution is -0.121. The van der Waals surface area contributed by atoms with Gasteiger partial charge in [-0.3, -0.25) is 4.79 Å². The first kappa shape index (κ1) is 12.7. The molecule has 1 unspecified atom stereocenters. The SMILES string of the molecule is CC(Nc1cccc(Cl)c1Br)C(=O)NC1CC1. The van der Waals surface area contributed by atoms with Crippen LogP contribution in [0.25, 0.3) is 0 Å². The van der Waals surface area contributed by atoms with Crippen molar-refractivity contribution in [2.75, 3.05) is 5.32 Å². The third kappa shape index (κ3) is 3.36. The normalized spacial score (nSPS) is 16.4. The maximum absolute atomic E-state index is 11.8. The zero-order chi connectivity index (χ0) is 12.4. The Bertz CT molecular complexity index is 435. The molecular weight excluding hydrogens is 304 g/mol. The Morgan fingerprint density at radius 3 is 2.88 bits per heavy atom. The fraction of sp³-hybridized carbons (Fsp3) is 0.417. The quantitative estimate of drug-likeness (QED) is 0.895. The number of benzene rings is 1. The molecule has 2 rings (SSSR count). The van der Waals surface area contributed by atoms with Gasteiger partial charge >= 0.3 is 0 Å². The van der Waals surface area contributed by atoms with Crippen LogP contribution in [-0.2, 0) is 4.79 Å². The number of rotatable bonds is 4. The van der Waals surface area contributed by atoms with Crippen molar-refractivity contribution in [1.82, 2.24) is 5.32 Å². The summed E-state index contributed by atoms with van der Waals surface area (Å²) in [5.41, 5.74) is 0.830. The van der Waals surface area contributed by atoms with Crippen molar-refractivity contribution in [2.45, 2.75) is 31.8 Å². The summed E-state index contributed by atoms with van der Waals surface area (Å²) >= 11 is 9.38. The average molecular weight is 318 g/mol. The van der Waals surface area contributed by atoms with E-state index in [1.54, 1.807) is 6.07 Å². The highest BCUT2D eigenvalue weighted by atomic mass is 79.9. The fourth-order valence-electron chi connectivity index (χ4n) is 1.47. The van der Waals surface area contributed by atoms with Gasteiger partial charge in [0.05, 0.1) is 15.2 Å². The summed E-state index contributed by atoms with van der Waals surface area (Å²) in [6.45, 7) is 1.84. The molecule has 1 aliphatic rings. The first-order valence-corrected chi connectivity index (χ1v) is 6.76. The van der Waals surface area contributed by atoms with Gasteiger partial charge in [0.1, 0.15) is 6.04 Å². The van der Waals surface area contributed by atoms with Crippen molar-refractivity contribution in [1.29, 1.82) is 0 Å². The Balaban J connectivity index is 1.99. The van der Waals surface area contributed by atoms with Crippen molar-refractivity contribution < 1.29 is 4.79 Å². The second kappa shape index (κ2) is 5.27. The minimum atomic E-state index is -0.273. The van der Waals surface area contributed by atoms with E-state index in [4.69, 9.17) is 11.6 Å². The molecule has 92 valence electrons. The molecular formula is C12H14BrClN2O. The zero-order valence-electron chi connectivity index (χ0n) is 9.47. The van der Waals surface area contributed by atoms with Crippen LogP contribution < -0.4 is 10.6 Å². The monoisotopic (exact) mass is 316 g/mol. The minimum Gasteiger partial charge on any atom is -0.373 e. The smallest absolute Gasteiger partial charge is 0.242 e. The molecule has 0 heterocycles. The van der Waals surface area contributed by atoms with E-state index < -0.39 is 0 Å². The van der Waals surface area contributed by atoms with E-state index in [-0.39, 0.29) is 11.9 Å². The molecule has 0 saturated heterocycles. The summed E-state index contributed by atoms with van der Waals surface area (Å²) in [6.07, 6.45) is 2.19. The second-order valence-electron chi connectivity index (χ2n) is 4.25. The molecule has 2 N–H and O–H groups in total. The highest BCUT2D eigenvalue weighted by Gasteiger charge is 2.25. The van der Waals surface area contributed by atoms with Crippen LogP contribution in [0, 0.1) is 0 Å². The maximum Gasteiger partial charge on any atom is 0.242 e. The van der Waals surface area contributed by atoms with Crippen LogP contribution in [0.1, 0.15) is 19.8 Å². The molecule has 0 bridgehead atoms. The number of hydrogen-bond acceptors (Lipinski definition) is 2. The topological polar surface area (TPSA) is 41.1 Å². The average Bonchev–Trinajstić information content (AvgIpc) is 3.08. The van der Waals surface area contributed by atoms with Gasteiger partial charge < -0.3 is 10.6 Å². The Morgan fingerprint density at radius 2 is 2.24 bits per heavy atom. The van der Waals surface area contributed by atoms with Crippen LogP contribution >= 0.6 is 27.5 Å². The maximum atomic E-state index is 11.8. The van der Waals surface area contributed by atoms with Crippen LogP contribution in [0.3, 0.4) is 0 Å². The molecule has 1 saturated carbocycles. The largest absolute Gasteiger partial charge is 0.373 e. The first-order chi connectivity index (χ1) is 8.08. The fourth-order valence-corrected chi connectivity index (χ4v) is 2.02. The Kier molecular flexibility index (Phi) is 3.94. The van der Waals surface area contributed by atoms with Crippen molar-refractivity contribution >= 4 is 39.1 Å². The van der Waals surface area contributed by atoms with Gasteiger partial charge in [0.25, 0.3) is 0 Å². The van der Waals surface area contributed by atoms with Crippen LogP contribution in [0.15, 0.2) is 22.7 Å². The van der Waals surface area contributed by atoms with Crippen molar-refractivity contribution in [3.8, 4) is 0 Å². The lowest BCUT2D eigenvalue weighted by Crippen LogP contribution is -2.38. The predicted octanol–water partition coefficient (Wildman–Crippen LogP) is 3.18. The number of nitrogens with one attached hydrogen (secondary N) is 2. The molecule has 1 aliphatic carbocycles. The molecule has 0 spiro atoms. The van der Waals surface area contributed by atoms with Crippen LogP contribution in [0.2, 0.25) is 5.02 Å². The van der Waals surface area contributed by atoms with Crippen molar-refractivity contribution in [3.63, 3.8) is 0 Å². The van der Waals surface area contributed by atoms with E-state index in [9.17, 15) is 4.79 Å². The van der Waals surface area contributed by atoms with Crippen LogP contribution in [0.4, 0.5) is 5.69 Å². The number of carbonyl (C=O) groups is 1. The number of hydrogen-bond donors (Lipinski definition) is 2. The summed E-state index contributed by atoms with van der Waals surface area (Å²) < 4.78 is 0.785. The summed E-state index contributed by atoms with van der Waals surface area (Å²) in [6, 6.07) is 5.64. The predicted molar refractivity (Wildman–Crippen MR) is 73.4 cm³/mol. The summed E-state index contributed by atoms with van der Waals surface area (Å²) in [5.74, 6) is 0.0272. The molecule has 0 aromatic heterocycles. The molecule has 1 amide bonds.